The summed E-state index contributed by atoms with van der Waals surface area (Å²) in [5.41, 5.74) is 2.76. The van der Waals surface area contributed by atoms with Crippen molar-refractivity contribution in [1.29, 1.82) is 0 Å². The summed E-state index contributed by atoms with van der Waals surface area (Å²) in [5, 5.41) is 0. The van der Waals surface area contributed by atoms with Gasteiger partial charge in [-0.3, -0.25) is 0 Å². The molecule has 200 valence electrons. The van der Waals surface area contributed by atoms with Gasteiger partial charge >= 0.3 is 5.97 Å². The van der Waals surface area contributed by atoms with Gasteiger partial charge in [-0.05, 0) is 67.1 Å². The molecule has 3 aromatic carbocycles. The molecule has 0 N–H and O–H groups in total. The molecule has 0 amide bonds. The van der Waals surface area contributed by atoms with E-state index in [0.717, 1.165) is 75.6 Å². The van der Waals surface area contributed by atoms with E-state index in [4.69, 9.17) is 4.74 Å². The van der Waals surface area contributed by atoms with Crippen molar-refractivity contribution >= 4 is 17.3 Å². The average molecular weight is 520 g/mol. The number of carbonyl (C=O) groups is 1. The first kappa shape index (κ1) is 27.5. The number of anilines is 2. The quantitative estimate of drug-likeness (QED) is 0.218. The predicted molar refractivity (Wildman–Crippen MR) is 147 cm³/mol. The number of carbonyl (C=O) groups excluding carboxylic acids is 1. The second-order valence-corrected chi connectivity index (χ2v) is 9.47. The molecule has 7 heteroatoms. The second-order valence-electron chi connectivity index (χ2n) is 9.47. The van der Waals surface area contributed by atoms with Gasteiger partial charge in [0.25, 0.3) is 0 Å². The highest BCUT2D eigenvalue weighted by Gasteiger charge is 2.21. The third-order valence-electron chi connectivity index (χ3n) is 6.90. The Kier molecular flexibility index (Phi) is 10.0. The molecule has 0 bridgehead atoms. The van der Waals surface area contributed by atoms with Crippen LogP contribution in [0.2, 0.25) is 0 Å². The largest absolute Gasteiger partial charge is 0.454 e. The van der Waals surface area contributed by atoms with Gasteiger partial charge in [-0.25, -0.2) is 13.6 Å². The van der Waals surface area contributed by atoms with Gasteiger partial charge in [-0.2, -0.15) is 0 Å². The summed E-state index contributed by atoms with van der Waals surface area (Å²) in [6.45, 7) is 9.89. The molecule has 5 nitrogen and oxygen atoms in total. The number of piperazine rings is 1. The molecule has 1 heterocycles. The Labute approximate surface area is 223 Å². The smallest absolute Gasteiger partial charge is 0.330 e. The standard InChI is InChI=1S/C31H35F2N3O2/c1-2-31(37)38-30(25-7-4-3-5-8-25)17-20-35-23-21-34(22-24-35)18-6-19-36(28-13-9-26(32)10-14-28)29-15-11-27(33)12-16-29/h2-5,7-16,30H,1,6,17-24H2. The van der Waals surface area contributed by atoms with Gasteiger partial charge in [0, 0.05) is 63.1 Å². The van der Waals surface area contributed by atoms with E-state index in [9.17, 15) is 13.6 Å². The summed E-state index contributed by atoms with van der Waals surface area (Å²) >= 11 is 0. The molecule has 1 aliphatic heterocycles. The summed E-state index contributed by atoms with van der Waals surface area (Å²) in [6.07, 6.45) is 2.57. The zero-order valence-corrected chi connectivity index (χ0v) is 21.6. The molecule has 0 radical (unpaired) electrons. The van der Waals surface area contributed by atoms with Gasteiger partial charge in [-0.15, -0.1) is 0 Å². The molecule has 1 unspecified atom stereocenters. The van der Waals surface area contributed by atoms with Crippen LogP contribution in [-0.4, -0.2) is 61.6 Å². The van der Waals surface area contributed by atoms with Crippen LogP contribution in [0.25, 0.3) is 0 Å². The number of hydrogen-bond acceptors (Lipinski definition) is 5. The highest BCUT2D eigenvalue weighted by Crippen LogP contribution is 2.26. The number of hydrogen-bond donors (Lipinski definition) is 0. The lowest BCUT2D eigenvalue weighted by molar-refractivity contribution is -0.143. The number of ether oxygens (including phenoxy) is 1. The minimum Gasteiger partial charge on any atom is -0.454 e. The van der Waals surface area contributed by atoms with E-state index in [1.165, 1.54) is 30.3 Å². The van der Waals surface area contributed by atoms with Gasteiger partial charge in [0.05, 0.1) is 0 Å². The van der Waals surface area contributed by atoms with Crippen molar-refractivity contribution in [1.82, 2.24) is 9.80 Å². The summed E-state index contributed by atoms with van der Waals surface area (Å²) in [6, 6.07) is 22.7. The lowest BCUT2D eigenvalue weighted by Crippen LogP contribution is -2.47. The molecular formula is C31H35F2N3O2. The van der Waals surface area contributed by atoms with Crippen LogP contribution in [0.5, 0.6) is 0 Å². The minimum absolute atomic E-state index is 0.278. The van der Waals surface area contributed by atoms with Crippen LogP contribution in [-0.2, 0) is 9.53 Å². The molecule has 1 saturated heterocycles. The fraction of sp³-hybridized carbons (Fsp3) is 0.323. The molecule has 4 rings (SSSR count). The Bertz CT molecular complexity index is 1100. The van der Waals surface area contributed by atoms with E-state index < -0.39 is 5.97 Å². The van der Waals surface area contributed by atoms with E-state index in [1.54, 1.807) is 24.3 Å². The van der Waals surface area contributed by atoms with Crippen molar-refractivity contribution in [3.63, 3.8) is 0 Å². The molecule has 1 atom stereocenters. The van der Waals surface area contributed by atoms with Crippen molar-refractivity contribution < 1.29 is 18.3 Å². The van der Waals surface area contributed by atoms with Crippen molar-refractivity contribution in [2.75, 3.05) is 50.7 Å². The lowest BCUT2D eigenvalue weighted by Gasteiger charge is -2.35. The van der Waals surface area contributed by atoms with E-state index in [2.05, 4.69) is 21.3 Å². The first-order valence-corrected chi connectivity index (χ1v) is 13.1. The zero-order chi connectivity index (χ0) is 26.7. The van der Waals surface area contributed by atoms with Crippen LogP contribution < -0.4 is 4.90 Å². The van der Waals surface area contributed by atoms with Crippen molar-refractivity contribution in [2.24, 2.45) is 0 Å². The molecule has 38 heavy (non-hydrogen) atoms. The van der Waals surface area contributed by atoms with Crippen LogP contribution in [0.1, 0.15) is 24.5 Å². The number of halogens is 2. The second kappa shape index (κ2) is 13.8. The van der Waals surface area contributed by atoms with Gasteiger partial charge in [0.15, 0.2) is 0 Å². The number of nitrogens with zero attached hydrogens (tertiary/aromatic N) is 3. The van der Waals surface area contributed by atoms with Crippen LogP contribution in [0.3, 0.4) is 0 Å². The summed E-state index contributed by atoms with van der Waals surface area (Å²) in [7, 11) is 0. The molecular weight excluding hydrogens is 484 g/mol. The fourth-order valence-corrected chi connectivity index (χ4v) is 4.79. The first-order chi connectivity index (χ1) is 18.5. The maximum Gasteiger partial charge on any atom is 0.330 e. The van der Waals surface area contributed by atoms with Crippen molar-refractivity contribution in [3.8, 4) is 0 Å². The van der Waals surface area contributed by atoms with Gasteiger partial charge in [-0.1, -0.05) is 36.9 Å². The van der Waals surface area contributed by atoms with Crippen LogP contribution in [0.15, 0.2) is 91.5 Å². The van der Waals surface area contributed by atoms with E-state index in [0.29, 0.717) is 0 Å². The molecule has 0 spiro atoms. The molecule has 0 saturated carbocycles. The molecule has 3 aromatic rings. The topological polar surface area (TPSA) is 36.0 Å². The van der Waals surface area contributed by atoms with Crippen LogP contribution in [0, 0.1) is 11.6 Å². The molecule has 1 aliphatic rings. The predicted octanol–water partition coefficient (Wildman–Crippen LogP) is 5.97. The average Bonchev–Trinajstić information content (AvgIpc) is 2.95. The lowest BCUT2D eigenvalue weighted by atomic mass is 10.1. The van der Waals surface area contributed by atoms with E-state index in [1.807, 2.05) is 30.3 Å². The summed E-state index contributed by atoms with van der Waals surface area (Å²) < 4.78 is 32.6. The highest BCUT2D eigenvalue weighted by molar-refractivity contribution is 5.81. The number of rotatable bonds is 12. The van der Waals surface area contributed by atoms with Gasteiger partial charge in [0.1, 0.15) is 17.7 Å². The maximum atomic E-state index is 13.5. The van der Waals surface area contributed by atoms with Crippen molar-refractivity contribution in [3.05, 3.63) is 109 Å². The summed E-state index contributed by atoms with van der Waals surface area (Å²) in [4.78, 5) is 18.8. The molecule has 1 fully saturated rings. The van der Waals surface area contributed by atoms with E-state index >= 15 is 0 Å². The van der Waals surface area contributed by atoms with Crippen LogP contribution in [0.4, 0.5) is 20.2 Å². The number of benzene rings is 3. The minimum atomic E-state index is -0.404. The van der Waals surface area contributed by atoms with Gasteiger partial charge < -0.3 is 19.4 Å². The Morgan fingerprint density at radius 3 is 1.89 bits per heavy atom. The summed E-state index contributed by atoms with van der Waals surface area (Å²) in [5.74, 6) is -0.960. The third kappa shape index (κ3) is 7.97. The fourth-order valence-electron chi connectivity index (χ4n) is 4.79. The van der Waals surface area contributed by atoms with Crippen LogP contribution >= 0.6 is 0 Å². The highest BCUT2D eigenvalue weighted by atomic mass is 19.1. The molecule has 0 aromatic heterocycles. The van der Waals surface area contributed by atoms with Gasteiger partial charge in [0.2, 0.25) is 0 Å². The Morgan fingerprint density at radius 1 is 0.842 bits per heavy atom. The third-order valence-corrected chi connectivity index (χ3v) is 6.90. The van der Waals surface area contributed by atoms with Crippen molar-refractivity contribution in [2.45, 2.75) is 18.9 Å². The zero-order valence-electron chi connectivity index (χ0n) is 21.6. The normalized spacial score (nSPS) is 15.1. The number of esters is 1. The van der Waals surface area contributed by atoms with E-state index in [-0.39, 0.29) is 17.7 Å². The maximum absolute atomic E-state index is 13.5. The monoisotopic (exact) mass is 519 g/mol. The first-order valence-electron chi connectivity index (χ1n) is 13.1. The Balaban J connectivity index is 1.25. The molecule has 0 aliphatic carbocycles. The Hall–Kier alpha value is -3.55. The Morgan fingerprint density at radius 2 is 1.37 bits per heavy atom. The SMILES string of the molecule is C=CC(=O)OC(CCN1CCN(CCCN(c2ccc(F)cc2)c2ccc(F)cc2)CC1)c1ccccc1.